The lowest BCUT2D eigenvalue weighted by Gasteiger charge is -2.29. The average molecular weight is 1180 g/mol. The highest BCUT2D eigenvalue weighted by atomic mass is 16.3. The molecular weight excluding hydrogens is 1090 g/mol. The second-order valence-electron chi connectivity index (χ2n) is 20.8. The lowest BCUT2D eigenvalue weighted by Crippen LogP contribution is -2.62. The van der Waals surface area contributed by atoms with E-state index in [0.29, 0.717) is 5.56 Å². The Morgan fingerprint density at radius 2 is 1.00 bits per heavy atom. The van der Waals surface area contributed by atoms with Gasteiger partial charge < -0.3 is 103 Å². The molecule has 1 aromatic carbocycles. The van der Waals surface area contributed by atoms with Gasteiger partial charge >= 0.3 is 0 Å². The first-order valence-corrected chi connectivity index (χ1v) is 27.7. The Hall–Kier alpha value is -7.42. The fourth-order valence-electron chi connectivity index (χ4n) is 8.27. The maximum atomic E-state index is 14.5. The van der Waals surface area contributed by atoms with Crippen LogP contribution >= 0.6 is 0 Å². The van der Waals surface area contributed by atoms with Gasteiger partial charge in [0.15, 0.2) is 0 Å². The zero-order chi connectivity index (χ0) is 62.7. The SMILES string of the molecule is CC(C)C[C@@H]1NC(=O)[C@@H](Cc2ccccc2)NC(=O)[C@H](CCN)NC(=O)[C@@H](NC(=O)[C@H](CCN)NC(=O)[C@H](NC(=O)[C@H](C)NC(=O)[C@@H](C)NC(=O)[C@H](C)N)[C@@H](C)O)CCNC(=O)[C@@H]([C@@H](C)O)NC(=O)[C@H](CCN)NC(=O)[C@H](CCN)NC1=O. The summed E-state index contributed by atoms with van der Waals surface area (Å²) in [4.78, 5) is 165. The summed E-state index contributed by atoms with van der Waals surface area (Å²) in [6.07, 6.45) is -4.66. The number of rotatable bonds is 24. The van der Waals surface area contributed by atoms with Crippen LogP contribution in [0.1, 0.15) is 92.6 Å². The molecule has 1 heterocycles. The molecule has 31 nitrogen and oxygen atoms in total. The van der Waals surface area contributed by atoms with Gasteiger partial charge in [0.05, 0.1) is 18.2 Å². The van der Waals surface area contributed by atoms with Gasteiger partial charge in [0.25, 0.3) is 0 Å². The summed E-state index contributed by atoms with van der Waals surface area (Å²) in [6.45, 7) is 8.66. The van der Waals surface area contributed by atoms with Gasteiger partial charge in [-0.2, -0.15) is 0 Å². The molecule has 83 heavy (non-hydrogen) atoms. The smallest absolute Gasteiger partial charge is 0.245 e. The van der Waals surface area contributed by atoms with Gasteiger partial charge in [0, 0.05) is 13.0 Å². The molecular formula is C52H89N17O14. The molecule has 31 heteroatoms. The second kappa shape index (κ2) is 36.2. The minimum absolute atomic E-state index is 0.0352. The molecule has 1 aromatic rings. The van der Waals surface area contributed by atoms with Gasteiger partial charge in [-0.05, 0) is 111 Å². The first-order chi connectivity index (χ1) is 39.1. The Kier molecular flexibility index (Phi) is 31.3. The number of hydrogen-bond acceptors (Lipinski definition) is 19. The van der Waals surface area contributed by atoms with E-state index in [0.717, 1.165) is 6.92 Å². The zero-order valence-electron chi connectivity index (χ0n) is 48.2. The van der Waals surface area contributed by atoms with Crippen molar-refractivity contribution in [1.29, 1.82) is 0 Å². The monoisotopic (exact) mass is 1180 g/mol. The van der Waals surface area contributed by atoms with E-state index in [-0.39, 0.29) is 70.6 Å². The minimum atomic E-state index is -1.76. The van der Waals surface area contributed by atoms with Crippen LogP contribution in [0.5, 0.6) is 0 Å². The highest BCUT2D eigenvalue weighted by molar-refractivity contribution is 5.99. The third-order valence-corrected chi connectivity index (χ3v) is 13.0. The number of aliphatic hydroxyl groups is 2. The van der Waals surface area contributed by atoms with Crippen LogP contribution in [0.2, 0.25) is 0 Å². The van der Waals surface area contributed by atoms with Crippen LogP contribution in [0.3, 0.4) is 0 Å². The van der Waals surface area contributed by atoms with E-state index in [2.05, 4.69) is 63.8 Å². The van der Waals surface area contributed by atoms with Crippen LogP contribution in [0.15, 0.2) is 30.3 Å². The van der Waals surface area contributed by atoms with Crippen molar-refractivity contribution in [2.75, 3.05) is 32.7 Å². The summed E-state index contributed by atoms with van der Waals surface area (Å²) in [5, 5.41) is 51.2. The maximum Gasteiger partial charge on any atom is 0.245 e. The van der Waals surface area contributed by atoms with Crippen molar-refractivity contribution < 1.29 is 67.7 Å². The van der Waals surface area contributed by atoms with Crippen LogP contribution in [-0.4, -0.2) is 199 Å². The molecule has 0 unspecified atom stereocenters. The van der Waals surface area contributed by atoms with Crippen LogP contribution in [0.25, 0.3) is 0 Å². The Morgan fingerprint density at radius 3 is 1.48 bits per heavy atom. The molecule has 1 aliphatic rings. The van der Waals surface area contributed by atoms with Crippen molar-refractivity contribution in [2.45, 2.75) is 178 Å². The van der Waals surface area contributed by atoms with Crippen LogP contribution < -0.4 is 92.5 Å². The molecule has 2 rings (SSSR count). The summed E-state index contributed by atoms with van der Waals surface area (Å²) in [7, 11) is 0. The van der Waals surface area contributed by atoms with Crippen molar-refractivity contribution in [2.24, 2.45) is 34.6 Å². The second-order valence-corrected chi connectivity index (χ2v) is 20.8. The number of carbonyl (C=O) groups excluding carboxylic acids is 12. The minimum Gasteiger partial charge on any atom is -0.391 e. The molecule has 0 aliphatic carbocycles. The standard InChI is InChI=1S/C52H89N17O14/c1-25(2)23-37-49(80)63-32(13-18-53)44(75)62-35(16-21-56)48(79)69-39(29(6)70)51(82)58-22-17-36(47(78)61-33(14-19-54)46(77)67-38(50(81)66-37)24-31-11-9-8-10-12-31)64-45(76)34(15-20-55)65-52(83)40(30(7)71)68-43(74)28(5)60-42(73)27(4)59-41(72)26(3)57/h8-12,25-30,32-40,70-71H,13-24,53-57H2,1-7H3,(H,58,82)(H,59,72)(H,60,73)(H,61,78)(H,62,75)(H,63,80)(H,64,76)(H,65,83)(H,66,81)(H,67,77)(H,68,74)(H,69,79)/t26-,27+,28-,29+,30+,32-,33-,34-,35-,36-,37-,38+,39+,40+/m0/s1. The van der Waals surface area contributed by atoms with Crippen molar-refractivity contribution in [3.63, 3.8) is 0 Å². The predicted octanol–water partition coefficient (Wildman–Crippen LogP) is -8.33. The Labute approximate surface area is 482 Å². The summed E-state index contributed by atoms with van der Waals surface area (Å²) in [6, 6.07) is -8.70. The largest absolute Gasteiger partial charge is 0.391 e. The quantitative estimate of drug-likeness (QED) is 0.0457. The molecule has 0 saturated carbocycles. The van der Waals surface area contributed by atoms with Crippen molar-refractivity contribution in [1.82, 2.24) is 63.8 Å². The van der Waals surface area contributed by atoms with E-state index in [1.165, 1.54) is 27.7 Å². The molecule has 14 atom stereocenters. The zero-order valence-corrected chi connectivity index (χ0v) is 48.2. The summed E-state index contributed by atoms with van der Waals surface area (Å²) in [5.74, 6) is -11.3. The van der Waals surface area contributed by atoms with Gasteiger partial charge in [-0.15, -0.1) is 0 Å². The molecule has 1 fully saturated rings. The fourth-order valence-corrected chi connectivity index (χ4v) is 8.27. The number of amides is 12. The normalized spacial score (nSPS) is 23.5. The van der Waals surface area contributed by atoms with E-state index < -0.39 is 169 Å². The number of hydrogen-bond donors (Lipinski definition) is 19. The topological polar surface area (TPSA) is 520 Å². The molecule has 1 aliphatic heterocycles. The van der Waals surface area contributed by atoms with Crippen molar-refractivity contribution in [3.05, 3.63) is 35.9 Å². The predicted molar refractivity (Wildman–Crippen MR) is 302 cm³/mol. The highest BCUT2D eigenvalue weighted by Gasteiger charge is 2.37. The van der Waals surface area contributed by atoms with E-state index in [9.17, 15) is 67.7 Å². The van der Waals surface area contributed by atoms with E-state index in [1.807, 2.05) is 0 Å². The first-order valence-electron chi connectivity index (χ1n) is 27.7. The Morgan fingerprint density at radius 1 is 0.542 bits per heavy atom. The molecule has 0 radical (unpaired) electrons. The molecule has 0 spiro atoms. The Bertz CT molecular complexity index is 2360. The van der Waals surface area contributed by atoms with Crippen molar-refractivity contribution >= 4 is 70.9 Å². The van der Waals surface area contributed by atoms with E-state index >= 15 is 0 Å². The van der Waals surface area contributed by atoms with Crippen molar-refractivity contribution in [3.8, 4) is 0 Å². The van der Waals surface area contributed by atoms with E-state index in [4.69, 9.17) is 28.7 Å². The third kappa shape index (κ3) is 24.5. The Balaban J connectivity index is 2.68. The van der Waals surface area contributed by atoms with Gasteiger partial charge in [-0.3, -0.25) is 57.5 Å². The summed E-state index contributed by atoms with van der Waals surface area (Å²) < 4.78 is 0. The molecule has 0 bridgehead atoms. The number of benzene rings is 1. The maximum absolute atomic E-state index is 14.5. The first kappa shape index (κ1) is 71.7. The third-order valence-electron chi connectivity index (χ3n) is 13.0. The number of nitrogens with two attached hydrogens (primary N) is 5. The van der Waals surface area contributed by atoms with Gasteiger partial charge in [0.2, 0.25) is 70.9 Å². The molecule has 12 amide bonds. The number of carbonyl (C=O) groups is 12. The molecule has 0 aromatic heterocycles. The lowest BCUT2D eigenvalue weighted by molar-refractivity contribution is -0.137. The average Bonchev–Trinajstić information content (AvgIpc) is 3.46. The summed E-state index contributed by atoms with van der Waals surface area (Å²) in [5.41, 5.74) is 29.6. The fraction of sp³-hybridized carbons (Fsp3) is 0.654. The molecule has 466 valence electrons. The summed E-state index contributed by atoms with van der Waals surface area (Å²) >= 11 is 0. The molecule has 1 saturated heterocycles. The van der Waals surface area contributed by atoms with Crippen LogP contribution in [0.4, 0.5) is 0 Å². The highest BCUT2D eigenvalue weighted by Crippen LogP contribution is 2.11. The van der Waals surface area contributed by atoms with Crippen LogP contribution in [0, 0.1) is 5.92 Å². The number of aliphatic hydroxyl groups excluding tert-OH is 2. The van der Waals surface area contributed by atoms with Crippen LogP contribution in [-0.2, 0) is 64.0 Å². The lowest BCUT2D eigenvalue weighted by atomic mass is 10.00. The van der Waals surface area contributed by atoms with Gasteiger partial charge in [-0.25, -0.2) is 0 Å². The number of nitrogens with one attached hydrogen (secondary N) is 12. The molecule has 24 N–H and O–H groups in total. The van der Waals surface area contributed by atoms with Gasteiger partial charge in [-0.1, -0.05) is 44.2 Å². The van der Waals surface area contributed by atoms with E-state index in [1.54, 1.807) is 44.2 Å². The van der Waals surface area contributed by atoms with Gasteiger partial charge in [0.1, 0.15) is 66.5 Å².